The highest BCUT2D eigenvalue weighted by Crippen LogP contribution is 2.32. The smallest absolute Gasteiger partial charge is 0.274 e. The van der Waals surface area contributed by atoms with Crippen LogP contribution in [-0.2, 0) is 13.1 Å². The predicted octanol–water partition coefficient (Wildman–Crippen LogP) is 3.42. The number of fused-ring (bicyclic) bond motifs is 2. The highest BCUT2D eigenvalue weighted by atomic mass is 79.9. The molecule has 0 spiro atoms. The van der Waals surface area contributed by atoms with Crippen molar-refractivity contribution in [1.29, 1.82) is 0 Å². The summed E-state index contributed by atoms with van der Waals surface area (Å²) in [4.78, 5) is 29.4. The molecule has 2 aliphatic heterocycles. The summed E-state index contributed by atoms with van der Waals surface area (Å²) in [5, 5.41) is 18.0. The third kappa shape index (κ3) is 3.07. The number of benzene rings is 2. The van der Waals surface area contributed by atoms with Crippen LogP contribution in [0.4, 0.5) is 0 Å². The number of nitrogens with zero attached hydrogens (tertiary/aromatic N) is 3. The first-order chi connectivity index (χ1) is 14.0. The predicted molar refractivity (Wildman–Crippen MR) is 111 cm³/mol. The Morgan fingerprint density at radius 2 is 1.76 bits per heavy atom. The van der Waals surface area contributed by atoms with E-state index in [1.165, 1.54) is 6.07 Å². The standard InChI is InChI=1S/C21H19BrN4O3/c22-14-4-3-12-10-26(11-13(12)7-14)20(28)16-8-15-17(9-18(16)27)23-24-19(15)21(29)25-5-1-2-6-25/h3-4,7-9,27H,1-2,5-6,10-11H2,(H,23,24). The monoisotopic (exact) mass is 454 g/mol. The van der Waals surface area contributed by atoms with Gasteiger partial charge in [-0.1, -0.05) is 22.0 Å². The molecule has 0 saturated carbocycles. The van der Waals surface area contributed by atoms with E-state index in [0.29, 0.717) is 29.7 Å². The van der Waals surface area contributed by atoms with Crippen molar-refractivity contribution in [2.24, 2.45) is 0 Å². The van der Waals surface area contributed by atoms with Crippen molar-refractivity contribution in [2.45, 2.75) is 25.9 Å². The summed E-state index contributed by atoms with van der Waals surface area (Å²) < 4.78 is 0.971. The number of hydrogen-bond acceptors (Lipinski definition) is 4. The molecular weight excluding hydrogens is 436 g/mol. The summed E-state index contributed by atoms with van der Waals surface area (Å²) in [5.74, 6) is -0.530. The molecule has 0 aliphatic carbocycles. The zero-order valence-electron chi connectivity index (χ0n) is 15.6. The molecule has 0 radical (unpaired) electrons. The Morgan fingerprint density at radius 1 is 1.00 bits per heavy atom. The SMILES string of the molecule is O=C(c1cc2c(C(=O)N3CCCC3)n[nH]c2cc1O)N1Cc2ccc(Br)cc2C1. The molecule has 0 atom stereocenters. The summed E-state index contributed by atoms with van der Waals surface area (Å²) >= 11 is 3.46. The quantitative estimate of drug-likeness (QED) is 0.620. The molecule has 0 unspecified atom stereocenters. The third-order valence-corrected chi connectivity index (χ3v) is 6.18. The highest BCUT2D eigenvalue weighted by molar-refractivity contribution is 9.10. The molecular formula is C21H19BrN4O3. The second-order valence-corrected chi connectivity index (χ2v) is 8.48. The second kappa shape index (κ2) is 6.88. The lowest BCUT2D eigenvalue weighted by Crippen LogP contribution is -2.28. The van der Waals surface area contributed by atoms with E-state index in [2.05, 4.69) is 26.1 Å². The van der Waals surface area contributed by atoms with Gasteiger partial charge in [0.1, 0.15) is 5.75 Å². The van der Waals surface area contributed by atoms with E-state index in [0.717, 1.165) is 41.5 Å². The minimum atomic E-state index is -0.266. The first-order valence-corrected chi connectivity index (χ1v) is 10.4. The number of likely N-dealkylation sites (tertiary alicyclic amines) is 1. The molecule has 1 saturated heterocycles. The number of halogens is 1. The molecule has 5 rings (SSSR count). The van der Waals surface area contributed by atoms with Gasteiger partial charge in [-0.25, -0.2) is 0 Å². The molecule has 3 heterocycles. The lowest BCUT2D eigenvalue weighted by Gasteiger charge is -2.17. The van der Waals surface area contributed by atoms with Crippen molar-refractivity contribution in [3.05, 3.63) is 57.2 Å². The summed E-state index contributed by atoms with van der Waals surface area (Å²) in [6.07, 6.45) is 1.98. The van der Waals surface area contributed by atoms with Crippen LogP contribution in [0.15, 0.2) is 34.8 Å². The van der Waals surface area contributed by atoms with Crippen molar-refractivity contribution in [3.8, 4) is 5.75 Å². The average Bonchev–Trinajstić information content (AvgIpc) is 3.44. The molecule has 1 aromatic heterocycles. The molecule has 148 valence electrons. The van der Waals surface area contributed by atoms with Gasteiger partial charge in [0.05, 0.1) is 11.1 Å². The number of phenols is 1. The Balaban J connectivity index is 1.48. The molecule has 7 nitrogen and oxygen atoms in total. The number of nitrogens with one attached hydrogen (secondary N) is 1. The van der Waals surface area contributed by atoms with Gasteiger partial charge in [0.25, 0.3) is 11.8 Å². The zero-order valence-corrected chi connectivity index (χ0v) is 17.2. The number of amides is 2. The molecule has 0 bridgehead atoms. The second-order valence-electron chi connectivity index (χ2n) is 7.56. The number of hydrogen-bond donors (Lipinski definition) is 2. The van der Waals surface area contributed by atoms with Crippen molar-refractivity contribution >= 4 is 38.6 Å². The van der Waals surface area contributed by atoms with Crippen LogP contribution in [0.25, 0.3) is 10.9 Å². The molecule has 3 aromatic rings. The van der Waals surface area contributed by atoms with Crippen molar-refractivity contribution in [3.63, 3.8) is 0 Å². The Kier molecular flexibility index (Phi) is 4.31. The maximum atomic E-state index is 13.2. The van der Waals surface area contributed by atoms with Gasteiger partial charge in [-0.3, -0.25) is 14.7 Å². The van der Waals surface area contributed by atoms with E-state index >= 15 is 0 Å². The van der Waals surface area contributed by atoms with Crippen LogP contribution >= 0.6 is 15.9 Å². The number of aromatic hydroxyl groups is 1. The van der Waals surface area contributed by atoms with Gasteiger partial charge >= 0.3 is 0 Å². The Labute approximate surface area is 175 Å². The number of phenolic OH excluding ortho intramolecular Hbond substituents is 1. The number of rotatable bonds is 2. The normalized spacial score (nSPS) is 15.9. The topological polar surface area (TPSA) is 89.5 Å². The Morgan fingerprint density at radius 3 is 2.55 bits per heavy atom. The van der Waals surface area contributed by atoms with E-state index in [-0.39, 0.29) is 23.1 Å². The summed E-state index contributed by atoms with van der Waals surface area (Å²) in [6.45, 7) is 2.41. The van der Waals surface area contributed by atoms with Gasteiger partial charge in [0, 0.05) is 42.1 Å². The van der Waals surface area contributed by atoms with Crippen LogP contribution in [0.2, 0.25) is 0 Å². The van der Waals surface area contributed by atoms with Crippen LogP contribution < -0.4 is 0 Å². The van der Waals surface area contributed by atoms with Crippen LogP contribution in [0.3, 0.4) is 0 Å². The average molecular weight is 455 g/mol. The lowest BCUT2D eigenvalue weighted by atomic mass is 10.1. The maximum absolute atomic E-state index is 13.2. The van der Waals surface area contributed by atoms with Crippen LogP contribution in [0.5, 0.6) is 5.75 Å². The van der Waals surface area contributed by atoms with Crippen molar-refractivity contribution in [2.75, 3.05) is 13.1 Å². The van der Waals surface area contributed by atoms with E-state index in [1.54, 1.807) is 15.9 Å². The molecule has 2 aliphatic rings. The van der Waals surface area contributed by atoms with Gasteiger partial charge in [-0.15, -0.1) is 0 Å². The van der Waals surface area contributed by atoms with E-state index in [4.69, 9.17) is 0 Å². The zero-order chi connectivity index (χ0) is 20.1. The summed E-state index contributed by atoms with van der Waals surface area (Å²) in [6, 6.07) is 9.01. The fourth-order valence-corrected chi connectivity index (χ4v) is 4.54. The minimum Gasteiger partial charge on any atom is -0.507 e. The van der Waals surface area contributed by atoms with Crippen molar-refractivity contribution in [1.82, 2.24) is 20.0 Å². The van der Waals surface area contributed by atoms with Gasteiger partial charge in [-0.05, 0) is 42.2 Å². The van der Waals surface area contributed by atoms with E-state index < -0.39 is 0 Å². The number of H-pyrrole nitrogens is 1. The first kappa shape index (κ1) is 18.2. The van der Waals surface area contributed by atoms with E-state index in [9.17, 15) is 14.7 Å². The van der Waals surface area contributed by atoms with Crippen molar-refractivity contribution < 1.29 is 14.7 Å². The van der Waals surface area contributed by atoms with Gasteiger partial charge in [-0.2, -0.15) is 5.10 Å². The van der Waals surface area contributed by atoms with Crippen LogP contribution in [0.1, 0.15) is 44.8 Å². The molecule has 29 heavy (non-hydrogen) atoms. The lowest BCUT2D eigenvalue weighted by molar-refractivity contribution is 0.0746. The molecule has 1 fully saturated rings. The fraction of sp³-hybridized carbons (Fsp3) is 0.286. The summed E-state index contributed by atoms with van der Waals surface area (Å²) in [5.41, 5.74) is 3.19. The highest BCUT2D eigenvalue weighted by Gasteiger charge is 2.28. The molecule has 2 N–H and O–H groups in total. The fourth-order valence-electron chi connectivity index (χ4n) is 4.13. The van der Waals surface area contributed by atoms with Gasteiger partial charge in [0.2, 0.25) is 0 Å². The van der Waals surface area contributed by atoms with Crippen LogP contribution in [0, 0.1) is 0 Å². The number of carbonyl (C=O) groups is 2. The van der Waals surface area contributed by atoms with E-state index in [1.807, 2.05) is 18.2 Å². The largest absolute Gasteiger partial charge is 0.507 e. The number of carbonyl (C=O) groups excluding carboxylic acids is 2. The first-order valence-electron chi connectivity index (χ1n) is 9.58. The number of aromatic amines is 1. The maximum Gasteiger partial charge on any atom is 0.274 e. The number of aromatic nitrogens is 2. The Hall–Kier alpha value is -2.87. The third-order valence-electron chi connectivity index (χ3n) is 5.68. The molecule has 2 aromatic carbocycles. The van der Waals surface area contributed by atoms with Gasteiger partial charge < -0.3 is 14.9 Å². The van der Waals surface area contributed by atoms with Gasteiger partial charge in [0.15, 0.2) is 5.69 Å². The minimum absolute atomic E-state index is 0.122. The van der Waals surface area contributed by atoms with Crippen LogP contribution in [-0.4, -0.2) is 50.0 Å². The Bertz CT molecular complexity index is 1150. The molecule has 2 amide bonds. The molecule has 8 heteroatoms. The summed E-state index contributed by atoms with van der Waals surface area (Å²) in [7, 11) is 0.